The minimum absolute atomic E-state index is 0.0447. The number of likely N-dealkylation sites (tertiary alicyclic amines) is 1. The summed E-state index contributed by atoms with van der Waals surface area (Å²) in [4.78, 5) is 22.8. The highest BCUT2D eigenvalue weighted by atomic mass is 19.1. The van der Waals surface area contributed by atoms with E-state index < -0.39 is 0 Å². The minimum atomic E-state index is -0.288. The number of piperidine rings is 1. The van der Waals surface area contributed by atoms with Gasteiger partial charge in [-0.3, -0.25) is 14.5 Å². The molecule has 232 valence electrons. The molecule has 1 aromatic carbocycles. The van der Waals surface area contributed by atoms with Crippen molar-refractivity contribution in [1.82, 2.24) is 35.2 Å². The van der Waals surface area contributed by atoms with Gasteiger partial charge in [0, 0.05) is 42.7 Å². The molecular formula is C33H47FN8O. The average molecular weight is 591 g/mol. The highest BCUT2D eigenvalue weighted by Crippen LogP contribution is 2.37. The largest absolute Gasteiger partial charge is 0.333 e. The molecule has 1 amide bonds. The molecule has 5 rings (SSSR count). The van der Waals surface area contributed by atoms with Crippen molar-refractivity contribution in [1.29, 1.82) is 0 Å². The van der Waals surface area contributed by atoms with Crippen molar-refractivity contribution in [3.05, 3.63) is 59.8 Å². The van der Waals surface area contributed by atoms with E-state index in [1.54, 1.807) is 23.0 Å². The number of hydrogen-bond acceptors (Lipinski definition) is 7. The van der Waals surface area contributed by atoms with Gasteiger partial charge in [-0.05, 0) is 127 Å². The standard InChI is InChI=1S/C33H47FN8O/c1-40-23-29(32(39-40)26-5-7-27(34)8-6-26)28-9-18-38-30-24-42(33(43)31(28)30)22-12-25-10-20-41(21-11-25)19-4-17-37-16-3-15-36-14-2-13-35/h5-9,18,23,25,36-37H,2-4,10-17,19-22,24,35H2,1H3. The molecule has 10 heteroatoms. The van der Waals surface area contributed by atoms with Crippen molar-refractivity contribution >= 4 is 5.91 Å². The van der Waals surface area contributed by atoms with Crippen molar-refractivity contribution in [2.45, 2.75) is 45.1 Å². The van der Waals surface area contributed by atoms with E-state index in [2.05, 4.69) is 25.6 Å². The average Bonchev–Trinajstić information content (AvgIpc) is 3.57. The van der Waals surface area contributed by atoms with Gasteiger partial charge in [0.2, 0.25) is 0 Å². The molecule has 4 heterocycles. The third-order valence-corrected chi connectivity index (χ3v) is 8.71. The summed E-state index contributed by atoms with van der Waals surface area (Å²) in [5.41, 5.74) is 10.3. The summed E-state index contributed by atoms with van der Waals surface area (Å²) in [7, 11) is 1.86. The van der Waals surface area contributed by atoms with E-state index in [0.29, 0.717) is 18.0 Å². The maximum atomic E-state index is 13.7. The first-order valence-corrected chi connectivity index (χ1v) is 15.9. The topological polar surface area (TPSA) is 104 Å². The Hall–Kier alpha value is -3.18. The molecule has 0 radical (unpaired) electrons. The van der Waals surface area contributed by atoms with Gasteiger partial charge in [-0.15, -0.1) is 0 Å². The Bertz CT molecular complexity index is 1320. The number of benzene rings is 1. The Labute approximate surface area is 255 Å². The summed E-state index contributed by atoms with van der Waals surface area (Å²) in [6.07, 6.45) is 10.5. The van der Waals surface area contributed by atoms with E-state index in [9.17, 15) is 9.18 Å². The lowest BCUT2D eigenvalue weighted by molar-refractivity contribution is 0.0758. The first kappa shape index (κ1) is 31.3. The van der Waals surface area contributed by atoms with Crippen molar-refractivity contribution in [2.24, 2.45) is 18.7 Å². The molecule has 9 nitrogen and oxygen atoms in total. The van der Waals surface area contributed by atoms with Gasteiger partial charge in [-0.25, -0.2) is 4.39 Å². The van der Waals surface area contributed by atoms with Gasteiger partial charge >= 0.3 is 0 Å². The fourth-order valence-electron chi connectivity index (χ4n) is 6.27. The molecule has 1 fully saturated rings. The van der Waals surface area contributed by atoms with Crippen molar-refractivity contribution in [2.75, 3.05) is 58.9 Å². The predicted molar refractivity (Wildman–Crippen MR) is 169 cm³/mol. The zero-order chi connectivity index (χ0) is 30.0. The first-order chi connectivity index (χ1) is 21.0. The van der Waals surface area contributed by atoms with Crippen molar-refractivity contribution in [3.63, 3.8) is 0 Å². The van der Waals surface area contributed by atoms with Gasteiger partial charge in [-0.2, -0.15) is 5.10 Å². The van der Waals surface area contributed by atoms with Gasteiger partial charge in [0.1, 0.15) is 11.5 Å². The number of hydrogen-bond donors (Lipinski definition) is 3. The van der Waals surface area contributed by atoms with Crippen molar-refractivity contribution < 1.29 is 9.18 Å². The molecule has 0 saturated carbocycles. The second-order valence-electron chi connectivity index (χ2n) is 11.9. The summed E-state index contributed by atoms with van der Waals surface area (Å²) in [5, 5.41) is 11.6. The Kier molecular flexibility index (Phi) is 11.3. The van der Waals surface area contributed by atoms with Crippen LogP contribution in [0.15, 0.2) is 42.7 Å². The fourth-order valence-corrected chi connectivity index (χ4v) is 6.27. The Morgan fingerprint density at radius 2 is 1.67 bits per heavy atom. The number of carbonyl (C=O) groups excluding carboxylic acids is 1. The van der Waals surface area contributed by atoms with E-state index in [-0.39, 0.29) is 11.7 Å². The number of fused-ring (bicyclic) bond motifs is 1. The Morgan fingerprint density at radius 3 is 2.42 bits per heavy atom. The van der Waals surface area contributed by atoms with Gasteiger partial charge in [0.05, 0.1) is 17.8 Å². The number of carbonyl (C=O) groups is 1. The summed E-state index contributed by atoms with van der Waals surface area (Å²) < 4.78 is 15.3. The monoisotopic (exact) mass is 590 g/mol. The third kappa shape index (κ3) is 8.26. The summed E-state index contributed by atoms with van der Waals surface area (Å²) in [6, 6.07) is 8.23. The van der Waals surface area contributed by atoms with Gasteiger partial charge in [-0.1, -0.05) is 0 Å². The molecule has 0 atom stereocenters. The highest BCUT2D eigenvalue weighted by Gasteiger charge is 2.33. The smallest absolute Gasteiger partial charge is 0.256 e. The lowest BCUT2D eigenvalue weighted by Gasteiger charge is -2.32. The van der Waals surface area contributed by atoms with E-state index >= 15 is 0 Å². The molecule has 4 N–H and O–H groups in total. The molecule has 0 spiro atoms. The van der Waals surface area contributed by atoms with Gasteiger partial charge in [0.15, 0.2) is 0 Å². The van der Waals surface area contributed by atoms with Crippen LogP contribution in [0.25, 0.3) is 22.4 Å². The number of pyridine rings is 1. The second-order valence-corrected chi connectivity index (χ2v) is 11.9. The maximum absolute atomic E-state index is 13.7. The van der Waals surface area contributed by atoms with Crippen LogP contribution in [0.1, 0.15) is 54.6 Å². The molecule has 0 bridgehead atoms. The van der Waals surface area contributed by atoms with Gasteiger partial charge < -0.3 is 26.2 Å². The zero-order valence-corrected chi connectivity index (χ0v) is 25.5. The molecule has 2 aliphatic rings. The second kappa shape index (κ2) is 15.5. The minimum Gasteiger partial charge on any atom is -0.333 e. The highest BCUT2D eigenvalue weighted by molar-refractivity contribution is 6.05. The number of amides is 1. The lowest BCUT2D eigenvalue weighted by atomic mass is 9.93. The number of aromatic nitrogens is 3. The SMILES string of the molecule is Cn1cc(-c2ccnc3c2C(=O)N(CCC2CCN(CCCNCCCNCCCN)CC2)C3)c(-c2ccc(F)cc2)n1. The van der Waals surface area contributed by atoms with Crippen LogP contribution >= 0.6 is 0 Å². The molecule has 3 aromatic rings. The van der Waals surface area contributed by atoms with E-state index in [4.69, 9.17) is 5.73 Å². The predicted octanol–water partition coefficient (Wildman–Crippen LogP) is 3.65. The fraction of sp³-hybridized carbons (Fsp3) is 0.545. The molecule has 2 aliphatic heterocycles. The molecule has 0 aliphatic carbocycles. The molecule has 0 unspecified atom stereocenters. The number of nitrogens with one attached hydrogen (secondary N) is 2. The quantitative estimate of drug-likeness (QED) is 0.219. The van der Waals surface area contributed by atoms with E-state index in [1.807, 2.05) is 24.2 Å². The van der Waals surface area contributed by atoms with E-state index in [0.717, 1.165) is 106 Å². The molecule has 2 aromatic heterocycles. The van der Waals surface area contributed by atoms with E-state index in [1.165, 1.54) is 31.4 Å². The third-order valence-electron chi connectivity index (χ3n) is 8.71. The normalized spacial score (nSPS) is 15.9. The Morgan fingerprint density at radius 1 is 0.953 bits per heavy atom. The molecule has 1 saturated heterocycles. The summed E-state index contributed by atoms with van der Waals surface area (Å²) >= 11 is 0. The van der Waals surface area contributed by atoms with Crippen LogP contribution in [-0.2, 0) is 13.6 Å². The van der Waals surface area contributed by atoms with Crippen LogP contribution in [0.2, 0.25) is 0 Å². The summed E-state index contributed by atoms with van der Waals surface area (Å²) in [5.74, 6) is 0.404. The van der Waals surface area contributed by atoms with Crippen molar-refractivity contribution in [3.8, 4) is 22.4 Å². The van der Waals surface area contributed by atoms with Crippen LogP contribution in [0.3, 0.4) is 0 Å². The van der Waals surface area contributed by atoms with Crippen LogP contribution in [0.5, 0.6) is 0 Å². The summed E-state index contributed by atoms with van der Waals surface area (Å²) in [6.45, 7) is 9.68. The van der Waals surface area contributed by atoms with Crippen LogP contribution in [0.4, 0.5) is 4.39 Å². The first-order valence-electron chi connectivity index (χ1n) is 15.9. The Balaban J connectivity index is 1.07. The van der Waals surface area contributed by atoms with Crippen LogP contribution in [0, 0.1) is 11.7 Å². The molecule has 43 heavy (non-hydrogen) atoms. The maximum Gasteiger partial charge on any atom is 0.256 e. The van der Waals surface area contributed by atoms with Crippen LogP contribution < -0.4 is 16.4 Å². The zero-order valence-electron chi connectivity index (χ0n) is 25.5. The lowest BCUT2D eigenvalue weighted by Crippen LogP contribution is -2.37. The molecular weight excluding hydrogens is 543 g/mol. The van der Waals surface area contributed by atoms with Gasteiger partial charge in [0.25, 0.3) is 5.91 Å². The van der Waals surface area contributed by atoms with Crippen LogP contribution in [-0.4, -0.2) is 89.4 Å². The number of aryl methyl sites for hydroxylation is 1. The number of nitrogens with two attached hydrogens (primary N) is 1. The number of nitrogens with zero attached hydrogens (tertiary/aromatic N) is 5. The number of halogens is 1. The number of rotatable bonds is 16.